The summed E-state index contributed by atoms with van der Waals surface area (Å²) in [6, 6.07) is 26.6. The van der Waals surface area contributed by atoms with Gasteiger partial charge in [-0.1, -0.05) is 77.8 Å². The molecule has 5 nitrogen and oxygen atoms in total. The summed E-state index contributed by atoms with van der Waals surface area (Å²) in [6.07, 6.45) is 1.49. The molecule has 0 aliphatic rings. The molecule has 0 amide bonds. The van der Waals surface area contributed by atoms with E-state index in [1.165, 1.54) is 23.6 Å². The van der Waals surface area contributed by atoms with Crippen molar-refractivity contribution < 1.29 is 19.0 Å². The molecule has 0 heterocycles. The molecule has 4 aromatic carbocycles. The molecule has 4 aromatic rings. The quantitative estimate of drug-likeness (QED) is 0.123. The van der Waals surface area contributed by atoms with Crippen molar-refractivity contribution in [2.75, 3.05) is 26.4 Å². The molecule has 0 aliphatic carbocycles. The molecule has 4 rings (SSSR count). The summed E-state index contributed by atoms with van der Waals surface area (Å²) < 4.78 is 16.8. The van der Waals surface area contributed by atoms with Crippen molar-refractivity contribution in [1.29, 1.82) is 0 Å². The molecule has 7 heteroatoms. The standard InChI is InChI=1S/C35H37Cl2NO4/c1-23-18-33(36)35(34(37)19-23)42-17-16-41-30-11-8-26(9-12-30)21-29(22-38)31-13-10-28(20-24(31)2)32-7-5-4-6-27(32)14-15-40-25(3)39/h4-13,18-20,29H,14-17,21-22,38H2,1-3H3. The molecule has 0 radical (unpaired) electrons. The number of aryl methyl sites for hydroxylation is 2. The molecule has 0 fully saturated rings. The number of benzene rings is 4. The van der Waals surface area contributed by atoms with Crippen molar-refractivity contribution >= 4 is 29.2 Å². The highest BCUT2D eigenvalue weighted by Gasteiger charge is 2.15. The van der Waals surface area contributed by atoms with E-state index in [2.05, 4.69) is 49.4 Å². The Morgan fingerprint density at radius 3 is 2.21 bits per heavy atom. The van der Waals surface area contributed by atoms with Gasteiger partial charge in [0, 0.05) is 19.3 Å². The van der Waals surface area contributed by atoms with Crippen LogP contribution in [-0.4, -0.2) is 32.3 Å². The number of halogens is 2. The fraction of sp³-hybridized carbons (Fsp3) is 0.286. The van der Waals surface area contributed by atoms with Crippen molar-refractivity contribution in [3.63, 3.8) is 0 Å². The minimum atomic E-state index is -0.261. The normalized spacial score (nSPS) is 11.7. The Labute approximate surface area is 258 Å². The van der Waals surface area contributed by atoms with Gasteiger partial charge in [-0.25, -0.2) is 0 Å². The van der Waals surface area contributed by atoms with E-state index in [-0.39, 0.29) is 11.9 Å². The first kappa shape index (κ1) is 31.4. The molecule has 0 spiro atoms. The highest BCUT2D eigenvalue weighted by molar-refractivity contribution is 6.37. The lowest BCUT2D eigenvalue weighted by molar-refractivity contribution is -0.140. The first-order valence-corrected chi connectivity index (χ1v) is 14.8. The van der Waals surface area contributed by atoms with Crippen molar-refractivity contribution in [1.82, 2.24) is 0 Å². The Morgan fingerprint density at radius 1 is 0.857 bits per heavy atom. The lowest BCUT2D eigenvalue weighted by atomic mass is 9.87. The summed E-state index contributed by atoms with van der Waals surface area (Å²) in [5, 5.41) is 0.981. The highest BCUT2D eigenvalue weighted by Crippen LogP contribution is 2.34. The Hall–Kier alpha value is -3.51. The molecule has 0 aliphatic heterocycles. The summed E-state index contributed by atoms with van der Waals surface area (Å²) in [5.41, 5.74) is 14.3. The molecular weight excluding hydrogens is 569 g/mol. The van der Waals surface area contributed by atoms with E-state index in [1.807, 2.05) is 43.3 Å². The van der Waals surface area contributed by atoms with Crippen molar-refractivity contribution in [2.45, 2.75) is 39.5 Å². The van der Waals surface area contributed by atoms with Gasteiger partial charge in [0.2, 0.25) is 0 Å². The van der Waals surface area contributed by atoms with Gasteiger partial charge < -0.3 is 19.9 Å². The smallest absolute Gasteiger partial charge is 0.302 e. The van der Waals surface area contributed by atoms with E-state index in [4.69, 9.17) is 43.1 Å². The molecule has 1 atom stereocenters. The van der Waals surface area contributed by atoms with Crippen LogP contribution in [0.3, 0.4) is 0 Å². The average molecular weight is 607 g/mol. The van der Waals surface area contributed by atoms with E-state index in [0.29, 0.717) is 48.6 Å². The average Bonchev–Trinajstić information content (AvgIpc) is 2.96. The summed E-state index contributed by atoms with van der Waals surface area (Å²) in [7, 11) is 0. The van der Waals surface area contributed by atoms with Crippen LogP contribution in [0.15, 0.2) is 78.9 Å². The van der Waals surface area contributed by atoms with Crippen LogP contribution in [0.5, 0.6) is 11.5 Å². The summed E-state index contributed by atoms with van der Waals surface area (Å²) >= 11 is 12.5. The van der Waals surface area contributed by atoms with Gasteiger partial charge in [-0.2, -0.15) is 0 Å². The maximum Gasteiger partial charge on any atom is 0.302 e. The van der Waals surface area contributed by atoms with E-state index < -0.39 is 0 Å². The molecular formula is C35H37Cl2NO4. The Kier molecular flexibility index (Phi) is 11.3. The van der Waals surface area contributed by atoms with Crippen molar-refractivity contribution in [2.24, 2.45) is 5.73 Å². The summed E-state index contributed by atoms with van der Waals surface area (Å²) in [5.74, 6) is 1.16. The van der Waals surface area contributed by atoms with Gasteiger partial charge in [0.1, 0.15) is 19.0 Å². The number of hydrogen-bond acceptors (Lipinski definition) is 5. The molecule has 220 valence electrons. The fourth-order valence-electron chi connectivity index (χ4n) is 5.08. The second kappa shape index (κ2) is 15.1. The molecule has 0 bridgehead atoms. The highest BCUT2D eigenvalue weighted by atomic mass is 35.5. The van der Waals surface area contributed by atoms with Crippen LogP contribution in [0.25, 0.3) is 11.1 Å². The maximum atomic E-state index is 11.2. The van der Waals surface area contributed by atoms with Gasteiger partial charge in [-0.05, 0) is 90.0 Å². The lowest BCUT2D eigenvalue weighted by Crippen LogP contribution is -2.16. The summed E-state index contributed by atoms with van der Waals surface area (Å²) in [4.78, 5) is 11.2. The van der Waals surface area contributed by atoms with E-state index in [9.17, 15) is 4.79 Å². The molecule has 1 unspecified atom stereocenters. The van der Waals surface area contributed by atoms with Crippen LogP contribution in [0.2, 0.25) is 10.0 Å². The third-order valence-electron chi connectivity index (χ3n) is 7.15. The minimum absolute atomic E-state index is 0.183. The van der Waals surface area contributed by atoms with Gasteiger partial charge in [-0.3, -0.25) is 4.79 Å². The van der Waals surface area contributed by atoms with Gasteiger partial charge in [0.05, 0.1) is 16.7 Å². The SMILES string of the molecule is CC(=O)OCCc1ccccc1-c1ccc(C(CN)Cc2ccc(OCCOc3c(Cl)cc(C)cc3Cl)cc2)c(C)c1. The monoisotopic (exact) mass is 605 g/mol. The maximum absolute atomic E-state index is 11.2. The van der Waals surface area contributed by atoms with Crippen molar-refractivity contribution in [3.05, 3.63) is 117 Å². The molecule has 42 heavy (non-hydrogen) atoms. The Bertz CT molecular complexity index is 1480. The zero-order chi connectivity index (χ0) is 30.1. The number of carbonyl (C=O) groups is 1. The molecule has 0 aromatic heterocycles. The minimum Gasteiger partial charge on any atom is -0.490 e. The molecule has 0 saturated heterocycles. The third kappa shape index (κ3) is 8.51. The fourth-order valence-corrected chi connectivity index (χ4v) is 5.79. The van der Waals surface area contributed by atoms with Gasteiger partial charge >= 0.3 is 5.97 Å². The number of ether oxygens (including phenoxy) is 3. The Balaban J connectivity index is 1.35. The van der Waals surface area contributed by atoms with Gasteiger partial charge in [-0.15, -0.1) is 0 Å². The number of esters is 1. The topological polar surface area (TPSA) is 70.8 Å². The second-order valence-electron chi connectivity index (χ2n) is 10.4. The predicted octanol–water partition coefficient (Wildman–Crippen LogP) is 8.13. The van der Waals surface area contributed by atoms with E-state index >= 15 is 0 Å². The first-order chi connectivity index (χ1) is 20.2. The van der Waals surface area contributed by atoms with Gasteiger partial charge in [0.15, 0.2) is 5.75 Å². The molecule has 0 saturated carbocycles. The zero-order valence-electron chi connectivity index (χ0n) is 24.3. The first-order valence-electron chi connectivity index (χ1n) is 14.1. The number of nitrogens with two attached hydrogens (primary N) is 1. The Morgan fingerprint density at radius 2 is 1.55 bits per heavy atom. The zero-order valence-corrected chi connectivity index (χ0v) is 25.8. The number of rotatable bonds is 13. The third-order valence-corrected chi connectivity index (χ3v) is 7.71. The van der Waals surface area contributed by atoms with E-state index in [0.717, 1.165) is 34.4 Å². The van der Waals surface area contributed by atoms with Crippen LogP contribution in [0.1, 0.15) is 40.7 Å². The van der Waals surface area contributed by atoms with Crippen LogP contribution < -0.4 is 15.2 Å². The van der Waals surface area contributed by atoms with E-state index in [1.54, 1.807) is 0 Å². The van der Waals surface area contributed by atoms with Gasteiger partial charge in [0.25, 0.3) is 0 Å². The largest absolute Gasteiger partial charge is 0.490 e. The van der Waals surface area contributed by atoms with Crippen LogP contribution in [0.4, 0.5) is 0 Å². The lowest BCUT2D eigenvalue weighted by Gasteiger charge is -2.20. The van der Waals surface area contributed by atoms with Crippen LogP contribution in [-0.2, 0) is 22.4 Å². The predicted molar refractivity (Wildman–Crippen MR) is 171 cm³/mol. The second-order valence-corrected chi connectivity index (χ2v) is 11.2. The number of carbonyl (C=O) groups excluding carboxylic acids is 1. The van der Waals surface area contributed by atoms with Crippen LogP contribution >= 0.6 is 23.2 Å². The number of hydrogen-bond donors (Lipinski definition) is 1. The summed E-state index contributed by atoms with van der Waals surface area (Å²) in [6.45, 7) is 7.10. The van der Waals surface area contributed by atoms with Crippen LogP contribution in [0, 0.1) is 13.8 Å². The van der Waals surface area contributed by atoms with Crippen molar-refractivity contribution in [3.8, 4) is 22.6 Å². The molecule has 2 N–H and O–H groups in total.